The molecule has 2 heteroatoms. The Hall–Kier alpha value is -2.53. The van der Waals surface area contributed by atoms with E-state index in [-0.39, 0.29) is 0 Å². The second-order valence-electron chi connectivity index (χ2n) is 3.97. The molecule has 0 aliphatic rings. The maximum absolute atomic E-state index is 10.5. The Bertz CT molecular complexity index is 631. The molecule has 0 aliphatic heterocycles. The van der Waals surface area contributed by atoms with E-state index in [1.807, 2.05) is 55.5 Å². The fourth-order valence-electron chi connectivity index (χ4n) is 1.75. The summed E-state index contributed by atoms with van der Waals surface area (Å²) < 4.78 is 0. The topological polar surface area (TPSA) is 37.3 Å². The molecule has 18 heavy (non-hydrogen) atoms. The Balaban J connectivity index is 2.55. The molecule has 0 radical (unpaired) electrons. The van der Waals surface area contributed by atoms with Gasteiger partial charge in [0, 0.05) is 11.5 Å². The zero-order chi connectivity index (χ0) is 13.0. The lowest BCUT2D eigenvalue weighted by molar-refractivity contribution is -0.130. The van der Waals surface area contributed by atoms with Gasteiger partial charge in [0.05, 0.1) is 0 Å². The van der Waals surface area contributed by atoms with Gasteiger partial charge in [0.15, 0.2) is 0 Å². The maximum atomic E-state index is 10.5. The summed E-state index contributed by atoms with van der Waals surface area (Å²) in [5.74, 6) is 3.75. The molecule has 0 unspecified atom stereocenters. The molecule has 2 aromatic carbocycles. The van der Waals surface area contributed by atoms with Crippen LogP contribution in [-0.4, -0.2) is 11.1 Å². The largest absolute Gasteiger partial charge is 0.472 e. The van der Waals surface area contributed by atoms with Crippen molar-refractivity contribution in [2.75, 3.05) is 0 Å². The van der Waals surface area contributed by atoms with Gasteiger partial charge in [-0.3, -0.25) is 0 Å². The van der Waals surface area contributed by atoms with Crippen LogP contribution in [0.15, 0.2) is 48.5 Å². The van der Waals surface area contributed by atoms with Gasteiger partial charge in [0.2, 0.25) is 0 Å². The summed E-state index contributed by atoms with van der Waals surface area (Å²) in [6.07, 6.45) is 0. The van der Waals surface area contributed by atoms with E-state index in [1.165, 1.54) is 0 Å². The Morgan fingerprint density at radius 3 is 2.50 bits per heavy atom. The lowest BCUT2D eigenvalue weighted by Gasteiger charge is -2.05. The average molecular weight is 236 g/mol. The Kier molecular flexibility index (Phi) is 3.45. The summed E-state index contributed by atoms with van der Waals surface area (Å²) >= 11 is 0. The summed E-state index contributed by atoms with van der Waals surface area (Å²) in [6, 6.07) is 15.7. The third-order valence-corrected chi connectivity index (χ3v) is 2.56. The van der Waals surface area contributed by atoms with Crippen LogP contribution in [0.2, 0.25) is 0 Å². The van der Waals surface area contributed by atoms with Crippen LogP contribution in [0.1, 0.15) is 11.1 Å². The van der Waals surface area contributed by atoms with Crippen molar-refractivity contribution in [2.45, 2.75) is 6.92 Å². The number of carbonyl (C=O) groups is 1. The van der Waals surface area contributed by atoms with E-state index in [2.05, 4.69) is 11.8 Å². The van der Waals surface area contributed by atoms with Gasteiger partial charge in [-0.1, -0.05) is 48.4 Å². The van der Waals surface area contributed by atoms with E-state index in [0.717, 1.165) is 22.3 Å². The van der Waals surface area contributed by atoms with Gasteiger partial charge in [0.25, 0.3) is 0 Å². The minimum atomic E-state index is -1.12. The number of hydrogen-bond acceptors (Lipinski definition) is 1. The number of hydrogen-bond donors (Lipinski definition) is 1. The number of aryl methyl sites for hydroxylation is 1. The predicted octanol–water partition coefficient (Wildman–Crippen LogP) is 3.10. The quantitative estimate of drug-likeness (QED) is 0.772. The minimum Gasteiger partial charge on any atom is -0.472 e. The van der Waals surface area contributed by atoms with Crippen molar-refractivity contribution in [3.8, 4) is 23.0 Å². The SMILES string of the molecule is Cc1ccc(-c2ccccc2)c(C#CC(=O)O)c1. The molecule has 0 saturated heterocycles. The van der Waals surface area contributed by atoms with Crippen LogP contribution in [0.3, 0.4) is 0 Å². The third kappa shape index (κ3) is 2.78. The highest BCUT2D eigenvalue weighted by Crippen LogP contribution is 2.23. The van der Waals surface area contributed by atoms with E-state index in [0.29, 0.717) is 0 Å². The van der Waals surface area contributed by atoms with Crippen LogP contribution in [0, 0.1) is 18.8 Å². The monoisotopic (exact) mass is 236 g/mol. The third-order valence-electron chi connectivity index (χ3n) is 2.56. The fourth-order valence-corrected chi connectivity index (χ4v) is 1.75. The number of aliphatic carboxylic acids is 1. The molecule has 0 fully saturated rings. The Morgan fingerprint density at radius 1 is 1.11 bits per heavy atom. The van der Waals surface area contributed by atoms with Gasteiger partial charge in [-0.15, -0.1) is 0 Å². The fraction of sp³-hybridized carbons (Fsp3) is 0.0625. The van der Waals surface area contributed by atoms with E-state index >= 15 is 0 Å². The number of carboxylic acid groups (broad SMARTS) is 1. The van der Waals surface area contributed by atoms with Gasteiger partial charge < -0.3 is 5.11 Å². The molecule has 88 valence electrons. The number of rotatable bonds is 1. The van der Waals surface area contributed by atoms with E-state index in [4.69, 9.17) is 5.11 Å². The molecule has 1 N–H and O–H groups in total. The van der Waals surface area contributed by atoms with Crippen LogP contribution in [0.25, 0.3) is 11.1 Å². The first-order chi connectivity index (χ1) is 8.66. The maximum Gasteiger partial charge on any atom is 0.382 e. The normalized spacial score (nSPS) is 9.39. The molecule has 0 atom stereocenters. The van der Waals surface area contributed by atoms with Crippen LogP contribution < -0.4 is 0 Å². The van der Waals surface area contributed by atoms with E-state index in [1.54, 1.807) is 0 Å². The summed E-state index contributed by atoms with van der Waals surface area (Å²) in [7, 11) is 0. The predicted molar refractivity (Wildman–Crippen MR) is 71.1 cm³/mol. The first-order valence-corrected chi connectivity index (χ1v) is 5.58. The highest BCUT2D eigenvalue weighted by atomic mass is 16.4. The first-order valence-electron chi connectivity index (χ1n) is 5.58. The molecule has 2 nitrogen and oxygen atoms in total. The van der Waals surface area contributed by atoms with Crippen LogP contribution in [0.4, 0.5) is 0 Å². The van der Waals surface area contributed by atoms with Crippen molar-refractivity contribution in [1.29, 1.82) is 0 Å². The molecule has 0 aliphatic carbocycles. The summed E-state index contributed by atoms with van der Waals surface area (Å²) in [6.45, 7) is 1.96. The minimum absolute atomic E-state index is 0.739. The highest BCUT2D eigenvalue weighted by molar-refractivity contribution is 5.88. The second kappa shape index (κ2) is 5.20. The standard InChI is InChI=1S/C16H12O2/c1-12-7-9-15(13-5-3-2-4-6-13)14(11-12)8-10-16(17)18/h2-7,9,11H,1H3,(H,17,18). The number of carboxylic acids is 1. The summed E-state index contributed by atoms with van der Waals surface area (Å²) in [5, 5.41) is 8.63. The average Bonchev–Trinajstić information content (AvgIpc) is 2.37. The zero-order valence-electron chi connectivity index (χ0n) is 9.97. The van der Waals surface area contributed by atoms with Crippen molar-refractivity contribution in [1.82, 2.24) is 0 Å². The Labute approximate surface area is 106 Å². The van der Waals surface area contributed by atoms with Gasteiger partial charge in [-0.25, -0.2) is 4.79 Å². The van der Waals surface area contributed by atoms with Crippen molar-refractivity contribution in [3.63, 3.8) is 0 Å². The molecule has 0 amide bonds. The smallest absolute Gasteiger partial charge is 0.382 e. The van der Waals surface area contributed by atoms with E-state index in [9.17, 15) is 4.79 Å². The van der Waals surface area contributed by atoms with E-state index < -0.39 is 5.97 Å². The Morgan fingerprint density at radius 2 is 1.83 bits per heavy atom. The lowest BCUT2D eigenvalue weighted by Crippen LogP contribution is -1.90. The molecule has 2 rings (SSSR count). The van der Waals surface area contributed by atoms with Gasteiger partial charge >= 0.3 is 5.97 Å². The molecule has 0 heterocycles. The molecular weight excluding hydrogens is 224 g/mol. The highest BCUT2D eigenvalue weighted by Gasteiger charge is 2.03. The number of benzene rings is 2. The first kappa shape index (κ1) is 11.9. The van der Waals surface area contributed by atoms with Gasteiger partial charge in [0.1, 0.15) is 0 Å². The molecule has 0 bridgehead atoms. The van der Waals surface area contributed by atoms with Crippen molar-refractivity contribution >= 4 is 5.97 Å². The molecule has 0 aromatic heterocycles. The molecular formula is C16H12O2. The summed E-state index contributed by atoms with van der Waals surface area (Å²) in [4.78, 5) is 10.5. The van der Waals surface area contributed by atoms with Crippen molar-refractivity contribution < 1.29 is 9.90 Å². The molecule has 0 saturated carbocycles. The van der Waals surface area contributed by atoms with Crippen LogP contribution >= 0.6 is 0 Å². The second-order valence-corrected chi connectivity index (χ2v) is 3.97. The van der Waals surface area contributed by atoms with Gasteiger partial charge in [-0.05, 0) is 29.7 Å². The van der Waals surface area contributed by atoms with Gasteiger partial charge in [-0.2, -0.15) is 0 Å². The van der Waals surface area contributed by atoms with Crippen molar-refractivity contribution in [3.05, 3.63) is 59.7 Å². The summed E-state index contributed by atoms with van der Waals surface area (Å²) in [5.41, 5.74) is 3.79. The molecule has 2 aromatic rings. The van der Waals surface area contributed by atoms with Crippen LogP contribution in [0.5, 0.6) is 0 Å². The van der Waals surface area contributed by atoms with Crippen molar-refractivity contribution in [2.24, 2.45) is 0 Å². The zero-order valence-corrected chi connectivity index (χ0v) is 9.97. The molecule has 0 spiro atoms. The van der Waals surface area contributed by atoms with Crippen LogP contribution in [-0.2, 0) is 4.79 Å². The lowest BCUT2D eigenvalue weighted by atomic mass is 9.98.